The van der Waals surface area contributed by atoms with Gasteiger partial charge in [-0.3, -0.25) is 0 Å². The Hall–Kier alpha value is -4.32. The van der Waals surface area contributed by atoms with Crippen molar-refractivity contribution in [3.63, 3.8) is 0 Å². The van der Waals surface area contributed by atoms with Gasteiger partial charge < -0.3 is 18.3 Å². The highest BCUT2D eigenvalue weighted by atomic mass is 16.7. The van der Waals surface area contributed by atoms with Crippen LogP contribution in [0.25, 0.3) is 60.6 Å². The summed E-state index contributed by atoms with van der Waals surface area (Å²) in [6.07, 6.45) is 0. The Labute approximate surface area is 239 Å². The lowest BCUT2D eigenvalue weighted by Gasteiger charge is -2.32. The standard InChI is InChI=1S/C36H30BNO3/c1-35(2)36(3,4)41-37(40-35)24-18-20-27-26-12-6-9-15-31(26)38(32(27)22-24)30-14-8-5-11-25(30)23-17-19-29-28-13-7-10-16-33(28)39-34(29)21-23/h5-22H,1-4H3. The molecule has 0 spiro atoms. The van der Waals surface area contributed by atoms with E-state index in [-0.39, 0.29) is 0 Å². The first-order chi connectivity index (χ1) is 19.8. The molecule has 4 nitrogen and oxygen atoms in total. The van der Waals surface area contributed by atoms with Crippen LogP contribution in [0.4, 0.5) is 0 Å². The van der Waals surface area contributed by atoms with E-state index in [0.717, 1.165) is 55.2 Å². The molecule has 5 aromatic carbocycles. The molecule has 200 valence electrons. The third-order valence-corrected chi connectivity index (χ3v) is 9.06. The van der Waals surface area contributed by atoms with Crippen LogP contribution in [0.5, 0.6) is 0 Å². The Kier molecular flexibility index (Phi) is 5.13. The highest BCUT2D eigenvalue weighted by Crippen LogP contribution is 2.39. The lowest BCUT2D eigenvalue weighted by atomic mass is 9.79. The molecule has 2 aromatic heterocycles. The van der Waals surface area contributed by atoms with E-state index in [0.29, 0.717) is 0 Å². The molecule has 0 aliphatic carbocycles. The van der Waals surface area contributed by atoms with E-state index in [1.165, 1.54) is 10.8 Å². The number of hydrogen-bond acceptors (Lipinski definition) is 3. The monoisotopic (exact) mass is 535 g/mol. The Bertz CT molecular complexity index is 2120. The van der Waals surface area contributed by atoms with Crippen molar-refractivity contribution in [2.45, 2.75) is 38.9 Å². The number of para-hydroxylation sites is 3. The molecule has 3 heterocycles. The predicted octanol–water partition coefficient (Wildman–Crippen LogP) is 8.65. The number of benzene rings is 5. The third kappa shape index (κ3) is 3.63. The molecule has 41 heavy (non-hydrogen) atoms. The maximum atomic E-state index is 6.44. The average molecular weight is 535 g/mol. The van der Waals surface area contributed by atoms with Crippen molar-refractivity contribution in [3.05, 3.63) is 109 Å². The second-order valence-electron chi connectivity index (χ2n) is 12.0. The summed E-state index contributed by atoms with van der Waals surface area (Å²) in [5.41, 5.74) is 7.65. The average Bonchev–Trinajstić information content (AvgIpc) is 3.58. The lowest BCUT2D eigenvalue weighted by molar-refractivity contribution is 0.00578. The summed E-state index contributed by atoms with van der Waals surface area (Å²) in [6.45, 7) is 8.38. The minimum absolute atomic E-state index is 0.402. The van der Waals surface area contributed by atoms with Crippen molar-refractivity contribution in [1.82, 2.24) is 4.57 Å². The zero-order chi connectivity index (χ0) is 27.9. The van der Waals surface area contributed by atoms with Gasteiger partial charge in [0.2, 0.25) is 0 Å². The Balaban J connectivity index is 1.34. The molecular weight excluding hydrogens is 505 g/mol. The molecule has 0 N–H and O–H groups in total. The molecule has 1 saturated heterocycles. The number of nitrogens with zero attached hydrogens (tertiary/aromatic N) is 1. The van der Waals surface area contributed by atoms with Gasteiger partial charge in [0, 0.05) is 27.1 Å². The Morgan fingerprint density at radius 2 is 1.20 bits per heavy atom. The van der Waals surface area contributed by atoms with Gasteiger partial charge in [-0.15, -0.1) is 0 Å². The largest absolute Gasteiger partial charge is 0.494 e. The van der Waals surface area contributed by atoms with Gasteiger partial charge in [0.05, 0.1) is 27.9 Å². The molecule has 5 heteroatoms. The van der Waals surface area contributed by atoms with Crippen molar-refractivity contribution in [2.75, 3.05) is 0 Å². The highest BCUT2D eigenvalue weighted by molar-refractivity contribution is 6.62. The number of aromatic nitrogens is 1. The SMILES string of the molecule is CC1(C)OB(c2ccc3c4ccccc4n(-c4ccccc4-c4ccc5c(c4)oc4ccccc45)c3c2)OC1(C)C. The van der Waals surface area contributed by atoms with Gasteiger partial charge in [-0.25, -0.2) is 0 Å². The van der Waals surface area contributed by atoms with Crippen molar-refractivity contribution >= 4 is 56.3 Å². The predicted molar refractivity (Wildman–Crippen MR) is 169 cm³/mol. The number of rotatable bonds is 3. The van der Waals surface area contributed by atoms with Gasteiger partial charge in [0.25, 0.3) is 0 Å². The molecule has 0 atom stereocenters. The quantitative estimate of drug-likeness (QED) is 0.213. The van der Waals surface area contributed by atoms with E-state index >= 15 is 0 Å². The summed E-state index contributed by atoms with van der Waals surface area (Å²) < 4.78 is 21.5. The molecule has 1 aliphatic heterocycles. The number of fused-ring (bicyclic) bond motifs is 6. The maximum absolute atomic E-state index is 6.44. The summed E-state index contributed by atoms with van der Waals surface area (Å²) in [4.78, 5) is 0. The Morgan fingerprint density at radius 3 is 2.02 bits per heavy atom. The molecule has 7 aromatic rings. The van der Waals surface area contributed by atoms with Crippen LogP contribution in [0.15, 0.2) is 114 Å². The first kappa shape index (κ1) is 24.5. The van der Waals surface area contributed by atoms with Crippen LogP contribution in [0.3, 0.4) is 0 Å². The number of hydrogen-bond donors (Lipinski definition) is 0. The summed E-state index contributed by atoms with van der Waals surface area (Å²) in [6, 6.07) is 38.5. The van der Waals surface area contributed by atoms with Gasteiger partial charge in [-0.05, 0) is 75.1 Å². The van der Waals surface area contributed by atoms with Crippen LogP contribution in [-0.4, -0.2) is 22.9 Å². The lowest BCUT2D eigenvalue weighted by Crippen LogP contribution is -2.41. The van der Waals surface area contributed by atoms with Crippen LogP contribution in [-0.2, 0) is 9.31 Å². The molecule has 0 bridgehead atoms. The zero-order valence-corrected chi connectivity index (χ0v) is 23.6. The van der Waals surface area contributed by atoms with E-state index in [1.807, 2.05) is 12.1 Å². The summed E-state index contributed by atoms with van der Waals surface area (Å²) >= 11 is 0. The summed E-state index contributed by atoms with van der Waals surface area (Å²) in [5, 5.41) is 4.68. The van der Waals surface area contributed by atoms with E-state index in [1.54, 1.807) is 0 Å². The fourth-order valence-corrected chi connectivity index (χ4v) is 6.18. The van der Waals surface area contributed by atoms with E-state index in [4.69, 9.17) is 13.7 Å². The molecule has 1 fully saturated rings. The van der Waals surface area contributed by atoms with E-state index < -0.39 is 18.3 Å². The Morgan fingerprint density at radius 1 is 0.561 bits per heavy atom. The van der Waals surface area contributed by atoms with Crippen molar-refractivity contribution in [1.29, 1.82) is 0 Å². The van der Waals surface area contributed by atoms with E-state index in [9.17, 15) is 0 Å². The van der Waals surface area contributed by atoms with Gasteiger partial charge in [0.1, 0.15) is 11.2 Å². The van der Waals surface area contributed by atoms with Gasteiger partial charge in [-0.1, -0.05) is 72.8 Å². The minimum atomic E-state index is -0.429. The molecule has 0 radical (unpaired) electrons. The van der Waals surface area contributed by atoms with E-state index in [2.05, 4.69) is 129 Å². The number of furan rings is 1. The molecule has 0 unspecified atom stereocenters. The first-order valence-electron chi connectivity index (χ1n) is 14.2. The molecule has 0 amide bonds. The summed E-state index contributed by atoms with van der Waals surface area (Å²) in [7, 11) is -0.429. The van der Waals surface area contributed by atoms with Crippen molar-refractivity contribution in [2.24, 2.45) is 0 Å². The molecule has 8 rings (SSSR count). The molecule has 1 aliphatic rings. The third-order valence-electron chi connectivity index (χ3n) is 9.06. The van der Waals surface area contributed by atoms with Crippen LogP contribution < -0.4 is 5.46 Å². The molecule has 0 saturated carbocycles. The van der Waals surface area contributed by atoms with Crippen LogP contribution in [0.1, 0.15) is 27.7 Å². The summed E-state index contributed by atoms with van der Waals surface area (Å²) in [5.74, 6) is 0. The van der Waals surface area contributed by atoms with Gasteiger partial charge in [0.15, 0.2) is 0 Å². The normalized spacial score (nSPS) is 16.4. The van der Waals surface area contributed by atoms with Crippen molar-refractivity contribution in [3.8, 4) is 16.8 Å². The second kappa shape index (κ2) is 8.59. The van der Waals surface area contributed by atoms with Crippen molar-refractivity contribution < 1.29 is 13.7 Å². The first-order valence-corrected chi connectivity index (χ1v) is 14.2. The van der Waals surface area contributed by atoms with Gasteiger partial charge >= 0.3 is 7.12 Å². The van der Waals surface area contributed by atoms with Gasteiger partial charge in [-0.2, -0.15) is 0 Å². The minimum Gasteiger partial charge on any atom is -0.456 e. The fourth-order valence-electron chi connectivity index (χ4n) is 6.18. The fraction of sp³-hybridized carbons (Fsp3) is 0.167. The zero-order valence-electron chi connectivity index (χ0n) is 23.6. The molecular formula is C36H30BNO3. The van der Waals surface area contributed by atoms with Crippen LogP contribution in [0.2, 0.25) is 0 Å². The second-order valence-corrected chi connectivity index (χ2v) is 12.0. The van der Waals surface area contributed by atoms with Crippen LogP contribution >= 0.6 is 0 Å². The topological polar surface area (TPSA) is 36.5 Å². The smallest absolute Gasteiger partial charge is 0.456 e. The highest BCUT2D eigenvalue weighted by Gasteiger charge is 2.51. The van der Waals surface area contributed by atoms with Crippen LogP contribution in [0, 0.1) is 0 Å². The maximum Gasteiger partial charge on any atom is 0.494 e.